The van der Waals surface area contributed by atoms with Gasteiger partial charge in [0.05, 0.1) is 63.4 Å². The molecular weight excluding hydrogens is 636 g/mol. The molecule has 0 N–H and O–H groups in total. The molecule has 0 aliphatic heterocycles. The quantitative estimate of drug-likeness (QED) is 0.161. The molecule has 0 saturated heterocycles. The zero-order chi connectivity index (χ0) is 38.2. The average Bonchev–Trinajstić information content (AvgIpc) is 3.81. The van der Waals surface area contributed by atoms with Gasteiger partial charge in [0.2, 0.25) is 28.4 Å². The van der Waals surface area contributed by atoms with E-state index in [9.17, 15) is 21.0 Å². The van der Waals surface area contributed by atoms with Gasteiger partial charge in [-0.1, -0.05) is 0 Å². The van der Waals surface area contributed by atoms with Crippen LogP contribution in [0.2, 0.25) is 0 Å². The summed E-state index contributed by atoms with van der Waals surface area (Å²) in [7, 11) is 0. The van der Waals surface area contributed by atoms with E-state index in [1.165, 1.54) is 24.3 Å². The van der Waals surface area contributed by atoms with E-state index in [2.05, 4.69) is 24.2 Å². The summed E-state index contributed by atoms with van der Waals surface area (Å²) in [4.78, 5) is 13.8. The minimum atomic E-state index is -1.96. The first kappa shape index (κ1) is 28.6. The second-order valence-corrected chi connectivity index (χ2v) is 8.76. The molecule has 0 aromatic heterocycles. The molecule has 0 atom stereocenters. The second kappa shape index (κ2) is 12.5. The maximum absolute atomic E-state index is 15.7. The van der Waals surface area contributed by atoms with Crippen molar-refractivity contribution in [3.05, 3.63) is 155 Å². The van der Waals surface area contributed by atoms with Crippen LogP contribution in [0.3, 0.4) is 0 Å². The van der Waals surface area contributed by atoms with E-state index >= 15 is 26.3 Å². The number of halogens is 6. The normalized spacial score (nSPS) is 15.1. The third kappa shape index (κ3) is 4.77. The fourth-order valence-electron chi connectivity index (χ4n) is 4.43. The van der Waals surface area contributed by atoms with E-state index in [4.69, 9.17) is 37.0 Å². The van der Waals surface area contributed by atoms with Crippen LogP contribution in [0.25, 0.3) is 41.1 Å². The fourth-order valence-corrected chi connectivity index (χ4v) is 4.43. The number of hydrogen-bond acceptors (Lipinski definition) is 4. The smallest absolute Gasteiger partial charge is 0.224 e. The number of hydrogen-bond donors (Lipinski definition) is 0. The fraction of sp³-hybridized carbons (Fsp3) is 0. The molecule has 9 nitrogen and oxygen atoms in total. The van der Waals surface area contributed by atoms with Gasteiger partial charge in [-0.25, -0.2) is 50.6 Å². The van der Waals surface area contributed by atoms with E-state index in [-0.39, 0.29) is 0 Å². The van der Waals surface area contributed by atoms with Crippen molar-refractivity contribution in [2.24, 2.45) is 0 Å². The van der Waals surface area contributed by atoms with E-state index in [1.807, 2.05) is 0 Å². The Balaban J connectivity index is 2.46. The van der Waals surface area contributed by atoms with Crippen LogP contribution in [0, 0.1) is 113 Å². The molecule has 1 fully saturated rings. The van der Waals surface area contributed by atoms with Crippen molar-refractivity contribution in [3.63, 3.8) is 0 Å². The van der Waals surface area contributed by atoms with E-state index < -0.39 is 137 Å². The molecule has 0 amide bonds. The lowest BCUT2D eigenvalue weighted by molar-refractivity contribution is 0.578. The SMILES string of the molecule is [2H]c1c(C#N)c(F)c(/C(C#N)=C2/C(=C(/[N+]#[C-])c3c(F)c(C#N)c([2H])c([N+]#[C-])c3F)/C2=C(/C#N)c2c(F)c([N+]#[C-])c([2H])c([N+]#[C-])c2F)c(F)c1[N+]#[C-]. The molecule has 3 aromatic carbocycles. The Kier molecular flexibility index (Phi) is 7.44. The standard InChI is InChI=1S/C33H3F6N9/c1-44-17-6-13(9-40)27(34)23(29(17)36)15(11-42)21-22(16(12-43)24-30(37)19(46-3)8-20(47-4)31(24)38)25(21)33(48-5)26-28(35)14(10-41)7-18(45-2)32(26)39/h6-8H/b21-15+,22-16-,33-25-/i6D,7D,8D. The van der Waals surface area contributed by atoms with Gasteiger partial charge in [-0.2, -0.15) is 21.0 Å². The molecular formula is C33H3F6N9. The van der Waals surface area contributed by atoms with Crippen molar-refractivity contribution in [2.45, 2.75) is 0 Å². The predicted octanol–water partition coefficient (Wildman–Crippen LogP) is 9.07. The van der Waals surface area contributed by atoms with Crippen LogP contribution in [0.15, 0.2) is 34.8 Å². The molecule has 0 spiro atoms. The Morgan fingerprint density at radius 2 is 0.854 bits per heavy atom. The Bertz CT molecular complexity index is 2310. The summed E-state index contributed by atoms with van der Waals surface area (Å²) >= 11 is 0. The van der Waals surface area contributed by atoms with Crippen molar-refractivity contribution < 1.29 is 30.5 Å². The van der Waals surface area contributed by atoms with Crippen molar-refractivity contribution >= 4 is 39.6 Å². The maximum Gasteiger partial charge on any atom is 0.224 e. The Morgan fingerprint density at radius 3 is 1.19 bits per heavy atom. The third-order valence-corrected chi connectivity index (χ3v) is 6.48. The van der Waals surface area contributed by atoms with Crippen molar-refractivity contribution in [2.75, 3.05) is 0 Å². The number of allylic oxidation sites excluding steroid dienone is 5. The lowest BCUT2D eigenvalue weighted by Crippen LogP contribution is -1.99. The highest BCUT2D eigenvalue weighted by molar-refractivity contribution is 6.12. The first-order chi connectivity index (χ1) is 24.2. The number of nitriles is 4. The summed E-state index contributed by atoms with van der Waals surface area (Å²) in [5.74, 6) is -11.7. The first-order valence-electron chi connectivity index (χ1n) is 13.5. The van der Waals surface area contributed by atoms with Crippen LogP contribution in [-0.4, -0.2) is 0 Å². The molecule has 0 heterocycles. The third-order valence-electron chi connectivity index (χ3n) is 6.48. The van der Waals surface area contributed by atoms with Gasteiger partial charge >= 0.3 is 0 Å². The van der Waals surface area contributed by atoms with Gasteiger partial charge in [-0.15, -0.1) is 0 Å². The topological polar surface area (TPSA) is 117 Å². The summed E-state index contributed by atoms with van der Waals surface area (Å²) in [5.41, 5.74) is -19.8. The van der Waals surface area contributed by atoms with Gasteiger partial charge in [-0.3, -0.25) is 0 Å². The Labute approximate surface area is 270 Å². The van der Waals surface area contributed by atoms with Gasteiger partial charge < -0.3 is 0 Å². The molecule has 1 aliphatic rings. The van der Waals surface area contributed by atoms with Gasteiger partial charge in [0.25, 0.3) is 0 Å². The summed E-state index contributed by atoms with van der Waals surface area (Å²) in [6, 6.07) is 1.20. The molecule has 15 heteroatoms. The molecule has 222 valence electrons. The largest absolute Gasteiger partial charge is 0.237 e. The Morgan fingerprint density at radius 1 is 0.521 bits per heavy atom. The molecule has 3 aromatic rings. The molecule has 0 unspecified atom stereocenters. The number of nitrogens with zero attached hydrogens (tertiary/aromatic N) is 9. The summed E-state index contributed by atoms with van der Waals surface area (Å²) < 4.78 is 118. The summed E-state index contributed by atoms with van der Waals surface area (Å²) in [5, 5.41) is 39.2. The van der Waals surface area contributed by atoms with Crippen LogP contribution < -0.4 is 0 Å². The number of rotatable bonds is 3. The predicted molar refractivity (Wildman–Crippen MR) is 152 cm³/mol. The monoisotopic (exact) mass is 642 g/mol. The van der Waals surface area contributed by atoms with Gasteiger partial charge in [0.15, 0.2) is 0 Å². The molecule has 0 radical (unpaired) electrons. The van der Waals surface area contributed by atoms with E-state index in [0.29, 0.717) is 0 Å². The minimum Gasteiger partial charge on any atom is -0.237 e. The summed E-state index contributed by atoms with van der Waals surface area (Å²) in [6.07, 6.45) is 0. The van der Waals surface area contributed by atoms with Gasteiger partial charge in [0, 0.05) is 12.5 Å². The number of benzene rings is 3. The zero-order valence-electron chi connectivity index (χ0n) is 25.8. The van der Waals surface area contributed by atoms with E-state index in [1.54, 1.807) is 0 Å². The maximum atomic E-state index is 15.7. The van der Waals surface area contributed by atoms with Crippen molar-refractivity contribution in [3.8, 4) is 24.3 Å². The highest BCUT2D eigenvalue weighted by atomic mass is 19.2. The van der Waals surface area contributed by atoms with Crippen molar-refractivity contribution in [1.29, 1.82) is 21.0 Å². The molecule has 48 heavy (non-hydrogen) atoms. The first-order valence-corrected chi connectivity index (χ1v) is 12.0. The lowest BCUT2D eigenvalue weighted by Gasteiger charge is -2.08. The minimum absolute atomic E-state index is 1.06. The zero-order valence-corrected chi connectivity index (χ0v) is 22.8. The van der Waals surface area contributed by atoms with Crippen LogP contribution in [0.4, 0.5) is 49.1 Å². The van der Waals surface area contributed by atoms with Gasteiger partial charge in [0.1, 0.15) is 59.2 Å². The highest BCUT2D eigenvalue weighted by Gasteiger charge is 2.44. The molecule has 4 rings (SSSR count). The van der Waals surface area contributed by atoms with Gasteiger partial charge in [-0.05, 0) is 34.8 Å². The van der Waals surface area contributed by atoms with Crippen LogP contribution >= 0.6 is 0 Å². The van der Waals surface area contributed by atoms with Crippen molar-refractivity contribution in [1.82, 2.24) is 0 Å². The van der Waals surface area contributed by atoms with Crippen LogP contribution in [0.5, 0.6) is 0 Å². The Hall–Kier alpha value is -8.13. The lowest BCUT2D eigenvalue weighted by atomic mass is 9.98. The molecule has 0 bridgehead atoms. The van der Waals surface area contributed by atoms with E-state index in [0.717, 1.165) is 0 Å². The highest BCUT2D eigenvalue weighted by Crippen LogP contribution is 2.58. The molecule has 1 aliphatic carbocycles. The van der Waals surface area contributed by atoms with Crippen LogP contribution in [-0.2, 0) is 0 Å². The summed E-state index contributed by atoms with van der Waals surface area (Å²) in [6.45, 7) is 36.6. The second-order valence-electron chi connectivity index (χ2n) is 8.76. The average molecular weight is 642 g/mol. The molecule has 1 saturated carbocycles. The van der Waals surface area contributed by atoms with Crippen LogP contribution in [0.1, 0.15) is 31.9 Å².